The molecule has 0 saturated carbocycles. The number of amides is 1. The largest absolute Gasteiger partial charge is 0.348 e. The summed E-state index contributed by atoms with van der Waals surface area (Å²) in [6, 6.07) is 7.32. The number of benzene rings is 1. The molecule has 1 aromatic heterocycles. The number of fused-ring (bicyclic) bond motifs is 1. The van der Waals surface area contributed by atoms with Crippen LogP contribution in [0.25, 0.3) is 10.9 Å². The Morgan fingerprint density at radius 2 is 2.00 bits per heavy atom. The third-order valence-corrected chi connectivity index (χ3v) is 4.16. The number of aromatic nitrogens is 2. The fraction of sp³-hybridized carbons (Fsp3) is 0.438. The van der Waals surface area contributed by atoms with Crippen molar-refractivity contribution in [3.63, 3.8) is 0 Å². The highest BCUT2D eigenvalue weighted by Gasteiger charge is 2.14. The van der Waals surface area contributed by atoms with Crippen molar-refractivity contribution in [1.82, 2.24) is 14.5 Å². The summed E-state index contributed by atoms with van der Waals surface area (Å²) in [5, 5.41) is 1.22. The molecule has 118 valence electrons. The summed E-state index contributed by atoms with van der Waals surface area (Å²) in [4.78, 5) is 30.6. The van der Waals surface area contributed by atoms with Gasteiger partial charge >= 0.3 is 0 Å². The molecule has 0 radical (unpaired) electrons. The smallest absolute Gasteiger partial charge is 0.262 e. The first-order chi connectivity index (χ1) is 10.4. The van der Waals surface area contributed by atoms with E-state index in [0.717, 1.165) is 0 Å². The number of para-hydroxylation sites is 1. The summed E-state index contributed by atoms with van der Waals surface area (Å²) in [5.74, 6) is 0.601. The summed E-state index contributed by atoms with van der Waals surface area (Å²) in [6.07, 6.45) is 0. The van der Waals surface area contributed by atoms with Gasteiger partial charge in [-0.05, 0) is 18.1 Å². The van der Waals surface area contributed by atoms with Crippen LogP contribution in [0.4, 0.5) is 0 Å². The van der Waals surface area contributed by atoms with Crippen LogP contribution in [0.1, 0.15) is 13.8 Å². The third kappa shape index (κ3) is 3.68. The Balaban J connectivity index is 2.45. The van der Waals surface area contributed by atoms with E-state index < -0.39 is 0 Å². The van der Waals surface area contributed by atoms with Crippen LogP contribution in [0.3, 0.4) is 0 Å². The van der Waals surface area contributed by atoms with Gasteiger partial charge in [-0.1, -0.05) is 37.7 Å². The fourth-order valence-electron chi connectivity index (χ4n) is 2.04. The van der Waals surface area contributed by atoms with Crippen LogP contribution in [0.2, 0.25) is 0 Å². The van der Waals surface area contributed by atoms with Crippen LogP contribution in [0, 0.1) is 5.92 Å². The highest BCUT2D eigenvalue weighted by atomic mass is 32.2. The lowest BCUT2D eigenvalue weighted by Gasteiger charge is -2.15. The Bertz CT molecular complexity index is 738. The number of carbonyl (C=O) groups is 1. The molecule has 0 fully saturated rings. The molecule has 0 spiro atoms. The van der Waals surface area contributed by atoms with Crippen molar-refractivity contribution in [1.29, 1.82) is 0 Å². The third-order valence-electron chi connectivity index (χ3n) is 3.20. The second-order valence-corrected chi connectivity index (χ2v) is 6.74. The van der Waals surface area contributed by atoms with Gasteiger partial charge in [-0.2, -0.15) is 0 Å². The quantitative estimate of drug-likeness (QED) is 0.626. The number of hydrogen-bond acceptors (Lipinski definition) is 4. The molecule has 1 amide bonds. The average Bonchev–Trinajstić information content (AvgIpc) is 2.47. The number of hydrogen-bond donors (Lipinski definition) is 0. The minimum atomic E-state index is -0.0425. The zero-order chi connectivity index (χ0) is 16.3. The molecule has 0 atom stereocenters. The zero-order valence-corrected chi connectivity index (χ0v) is 14.2. The standard InChI is InChI=1S/C16H21N3O2S/c1-11(2)9-19-15(21)12-7-5-6-8-13(12)17-16(19)22-10-14(20)18(3)4/h5-8,11H,9-10H2,1-4H3. The SMILES string of the molecule is CC(C)Cn1c(SCC(=O)N(C)C)nc2ccccc2c1=O. The van der Waals surface area contributed by atoms with E-state index in [1.807, 2.05) is 18.2 Å². The lowest BCUT2D eigenvalue weighted by atomic mass is 10.2. The van der Waals surface area contributed by atoms with Crippen molar-refractivity contribution < 1.29 is 4.79 Å². The second-order valence-electron chi connectivity index (χ2n) is 5.80. The highest BCUT2D eigenvalue weighted by molar-refractivity contribution is 7.99. The van der Waals surface area contributed by atoms with Gasteiger partial charge in [0.25, 0.3) is 5.56 Å². The van der Waals surface area contributed by atoms with E-state index in [-0.39, 0.29) is 17.2 Å². The molecule has 0 N–H and O–H groups in total. The van der Waals surface area contributed by atoms with Crippen LogP contribution in [0.15, 0.2) is 34.2 Å². The molecule has 0 aliphatic heterocycles. The zero-order valence-electron chi connectivity index (χ0n) is 13.4. The molecule has 2 aromatic rings. The van der Waals surface area contributed by atoms with Crippen molar-refractivity contribution >= 4 is 28.6 Å². The Kier molecular flexibility index (Phi) is 5.24. The molecular formula is C16H21N3O2S. The first-order valence-corrected chi connectivity index (χ1v) is 8.21. The lowest BCUT2D eigenvalue weighted by molar-refractivity contribution is -0.125. The molecule has 0 bridgehead atoms. The molecule has 6 heteroatoms. The van der Waals surface area contributed by atoms with Crippen molar-refractivity contribution in [2.24, 2.45) is 5.92 Å². The van der Waals surface area contributed by atoms with Gasteiger partial charge in [-0.15, -0.1) is 0 Å². The predicted octanol–water partition coefficient (Wildman–Crippen LogP) is 2.23. The monoisotopic (exact) mass is 319 g/mol. The summed E-state index contributed by atoms with van der Waals surface area (Å²) in [5.41, 5.74) is 0.631. The first-order valence-electron chi connectivity index (χ1n) is 7.22. The maximum atomic E-state index is 12.7. The average molecular weight is 319 g/mol. The molecule has 1 aromatic carbocycles. The number of nitrogens with zero attached hydrogens (tertiary/aromatic N) is 3. The van der Waals surface area contributed by atoms with E-state index in [4.69, 9.17) is 0 Å². The Hall–Kier alpha value is -1.82. The lowest BCUT2D eigenvalue weighted by Crippen LogP contribution is -2.27. The summed E-state index contributed by atoms with van der Waals surface area (Å²) in [6.45, 7) is 4.71. The molecule has 0 aliphatic carbocycles. The molecule has 0 aliphatic rings. The molecule has 22 heavy (non-hydrogen) atoms. The Morgan fingerprint density at radius 1 is 1.32 bits per heavy atom. The van der Waals surface area contributed by atoms with E-state index >= 15 is 0 Å². The summed E-state index contributed by atoms with van der Waals surface area (Å²) < 4.78 is 1.68. The normalized spacial score (nSPS) is 11.1. The topological polar surface area (TPSA) is 55.2 Å². The van der Waals surface area contributed by atoms with Crippen LogP contribution in [0.5, 0.6) is 0 Å². The van der Waals surface area contributed by atoms with Crippen molar-refractivity contribution in [2.75, 3.05) is 19.8 Å². The van der Waals surface area contributed by atoms with Crippen LogP contribution in [-0.4, -0.2) is 40.2 Å². The van der Waals surface area contributed by atoms with Gasteiger partial charge < -0.3 is 4.90 Å². The fourth-order valence-corrected chi connectivity index (χ4v) is 3.03. The van der Waals surface area contributed by atoms with Gasteiger partial charge in [0.2, 0.25) is 5.91 Å². The number of rotatable bonds is 5. The summed E-state index contributed by atoms with van der Waals surface area (Å²) >= 11 is 1.32. The van der Waals surface area contributed by atoms with Gasteiger partial charge in [0.05, 0.1) is 16.7 Å². The van der Waals surface area contributed by atoms with Crippen molar-refractivity contribution in [3.8, 4) is 0 Å². The van der Waals surface area contributed by atoms with Gasteiger partial charge in [-0.25, -0.2) is 4.98 Å². The van der Waals surface area contributed by atoms with Gasteiger partial charge in [0.15, 0.2) is 5.16 Å². The maximum Gasteiger partial charge on any atom is 0.262 e. The number of thioether (sulfide) groups is 1. The van der Waals surface area contributed by atoms with Crippen molar-refractivity contribution in [3.05, 3.63) is 34.6 Å². The van der Waals surface area contributed by atoms with E-state index in [2.05, 4.69) is 18.8 Å². The molecule has 5 nitrogen and oxygen atoms in total. The maximum absolute atomic E-state index is 12.7. The van der Waals surface area contributed by atoms with Gasteiger partial charge in [-0.3, -0.25) is 14.2 Å². The highest BCUT2D eigenvalue weighted by Crippen LogP contribution is 2.19. The minimum absolute atomic E-state index is 0.00324. The van der Waals surface area contributed by atoms with E-state index in [9.17, 15) is 9.59 Å². The van der Waals surface area contributed by atoms with Crippen LogP contribution < -0.4 is 5.56 Å². The molecule has 1 heterocycles. The van der Waals surface area contributed by atoms with E-state index in [0.29, 0.717) is 28.5 Å². The Morgan fingerprint density at radius 3 is 2.64 bits per heavy atom. The molecule has 0 unspecified atom stereocenters. The Labute approximate surface area is 134 Å². The van der Waals surface area contributed by atoms with Gasteiger partial charge in [0, 0.05) is 20.6 Å². The molecule has 0 saturated heterocycles. The van der Waals surface area contributed by atoms with E-state index in [1.165, 1.54) is 11.8 Å². The second kappa shape index (κ2) is 6.96. The van der Waals surface area contributed by atoms with Crippen LogP contribution in [-0.2, 0) is 11.3 Å². The van der Waals surface area contributed by atoms with Crippen molar-refractivity contribution in [2.45, 2.75) is 25.5 Å². The molecular weight excluding hydrogens is 298 g/mol. The van der Waals surface area contributed by atoms with Gasteiger partial charge in [0.1, 0.15) is 0 Å². The predicted molar refractivity (Wildman–Crippen MR) is 90.3 cm³/mol. The minimum Gasteiger partial charge on any atom is -0.348 e. The molecule has 2 rings (SSSR count). The first kappa shape index (κ1) is 16.5. The van der Waals surface area contributed by atoms with E-state index in [1.54, 1.807) is 29.6 Å². The number of carbonyl (C=O) groups excluding carboxylic acids is 1. The van der Waals surface area contributed by atoms with Crippen LogP contribution >= 0.6 is 11.8 Å². The summed E-state index contributed by atoms with van der Waals surface area (Å²) in [7, 11) is 3.44.